The zero-order chi connectivity index (χ0) is 18.9. The fourth-order valence-corrected chi connectivity index (χ4v) is 3.34. The monoisotopic (exact) mass is 434 g/mol. The van der Waals surface area contributed by atoms with Gasteiger partial charge in [0.25, 0.3) is 5.91 Å². The summed E-state index contributed by atoms with van der Waals surface area (Å²) in [6, 6.07) is 14.6. The Hall–Kier alpha value is -1.79. The molecule has 2 aromatic carbocycles. The molecule has 0 fully saturated rings. The SMILES string of the molecule is CSCCC(NC(=O)c1ccccc1Br)C(=O)NCc1ccc(C)cc1. The highest BCUT2D eigenvalue weighted by molar-refractivity contribution is 9.10. The van der Waals surface area contributed by atoms with E-state index in [1.807, 2.05) is 49.6 Å². The lowest BCUT2D eigenvalue weighted by molar-refractivity contribution is -0.123. The summed E-state index contributed by atoms with van der Waals surface area (Å²) in [4.78, 5) is 25.1. The standard InChI is InChI=1S/C20H23BrN2O2S/c1-14-7-9-15(10-8-14)13-22-20(25)18(11-12-26-2)23-19(24)16-5-3-4-6-17(16)21/h3-10,18H,11-13H2,1-2H3,(H,22,25)(H,23,24). The van der Waals surface area contributed by atoms with Crippen molar-refractivity contribution in [1.29, 1.82) is 0 Å². The second kappa shape index (κ2) is 10.4. The van der Waals surface area contributed by atoms with Crippen LogP contribution in [0.25, 0.3) is 0 Å². The van der Waals surface area contributed by atoms with Gasteiger partial charge in [0.2, 0.25) is 5.91 Å². The Bertz CT molecular complexity index is 750. The number of carbonyl (C=O) groups is 2. The van der Waals surface area contributed by atoms with Crippen LogP contribution in [0.1, 0.15) is 27.9 Å². The normalized spacial score (nSPS) is 11.7. The van der Waals surface area contributed by atoms with E-state index in [0.29, 0.717) is 23.0 Å². The second-order valence-electron chi connectivity index (χ2n) is 5.99. The van der Waals surface area contributed by atoms with E-state index in [4.69, 9.17) is 0 Å². The minimum absolute atomic E-state index is 0.167. The van der Waals surface area contributed by atoms with Crippen LogP contribution in [0.15, 0.2) is 53.0 Å². The molecule has 0 aliphatic rings. The predicted molar refractivity (Wildman–Crippen MR) is 111 cm³/mol. The highest BCUT2D eigenvalue weighted by Crippen LogP contribution is 2.16. The molecule has 138 valence electrons. The highest BCUT2D eigenvalue weighted by Gasteiger charge is 2.21. The predicted octanol–water partition coefficient (Wildman–Crippen LogP) is 3.93. The third-order valence-electron chi connectivity index (χ3n) is 3.94. The zero-order valence-electron chi connectivity index (χ0n) is 14.9. The fourth-order valence-electron chi connectivity index (χ4n) is 2.40. The van der Waals surface area contributed by atoms with Gasteiger partial charge in [-0.25, -0.2) is 0 Å². The molecule has 2 rings (SSSR count). The van der Waals surface area contributed by atoms with Crippen molar-refractivity contribution < 1.29 is 9.59 Å². The molecule has 2 aromatic rings. The third kappa shape index (κ3) is 6.18. The lowest BCUT2D eigenvalue weighted by atomic mass is 10.1. The van der Waals surface area contributed by atoms with Gasteiger partial charge in [-0.2, -0.15) is 11.8 Å². The Kier molecular flexibility index (Phi) is 8.19. The molecule has 4 nitrogen and oxygen atoms in total. The summed E-state index contributed by atoms with van der Waals surface area (Å²) in [5, 5.41) is 5.78. The smallest absolute Gasteiger partial charge is 0.253 e. The van der Waals surface area contributed by atoms with E-state index in [2.05, 4.69) is 26.6 Å². The average Bonchev–Trinajstić information content (AvgIpc) is 2.64. The second-order valence-corrected chi connectivity index (χ2v) is 7.83. The number of thioether (sulfide) groups is 1. The van der Waals surface area contributed by atoms with E-state index in [-0.39, 0.29) is 11.8 Å². The Morgan fingerprint density at radius 1 is 1.12 bits per heavy atom. The summed E-state index contributed by atoms with van der Waals surface area (Å²) >= 11 is 5.03. The first-order chi connectivity index (χ1) is 12.5. The molecule has 1 atom stereocenters. The van der Waals surface area contributed by atoms with Crippen LogP contribution < -0.4 is 10.6 Å². The van der Waals surface area contributed by atoms with Crippen LogP contribution in [0.2, 0.25) is 0 Å². The van der Waals surface area contributed by atoms with Gasteiger partial charge in [0.1, 0.15) is 6.04 Å². The van der Waals surface area contributed by atoms with Crippen LogP contribution in [0.3, 0.4) is 0 Å². The van der Waals surface area contributed by atoms with Gasteiger partial charge in [-0.1, -0.05) is 42.0 Å². The molecule has 26 heavy (non-hydrogen) atoms. The Morgan fingerprint density at radius 3 is 2.46 bits per heavy atom. The molecule has 0 aliphatic carbocycles. The van der Waals surface area contributed by atoms with E-state index in [1.54, 1.807) is 23.9 Å². The third-order valence-corrected chi connectivity index (χ3v) is 5.27. The fraction of sp³-hybridized carbons (Fsp3) is 0.300. The van der Waals surface area contributed by atoms with Crippen molar-refractivity contribution in [2.24, 2.45) is 0 Å². The lowest BCUT2D eigenvalue weighted by Crippen LogP contribution is -2.47. The summed E-state index contributed by atoms with van der Waals surface area (Å²) in [6.07, 6.45) is 2.56. The van der Waals surface area contributed by atoms with Crippen molar-refractivity contribution in [1.82, 2.24) is 10.6 Å². The van der Waals surface area contributed by atoms with Crippen molar-refractivity contribution in [3.05, 3.63) is 69.7 Å². The molecule has 0 aliphatic heterocycles. The van der Waals surface area contributed by atoms with Gasteiger partial charge >= 0.3 is 0 Å². The van der Waals surface area contributed by atoms with Gasteiger partial charge in [-0.05, 0) is 59.0 Å². The van der Waals surface area contributed by atoms with Crippen LogP contribution in [0, 0.1) is 6.92 Å². The van der Waals surface area contributed by atoms with Crippen molar-refractivity contribution in [3.8, 4) is 0 Å². The van der Waals surface area contributed by atoms with Gasteiger partial charge in [0.05, 0.1) is 5.56 Å². The number of hydrogen-bond donors (Lipinski definition) is 2. The minimum atomic E-state index is -0.562. The van der Waals surface area contributed by atoms with Gasteiger partial charge in [0.15, 0.2) is 0 Å². The quantitative estimate of drug-likeness (QED) is 0.661. The van der Waals surface area contributed by atoms with Crippen molar-refractivity contribution in [2.45, 2.75) is 25.9 Å². The molecule has 0 spiro atoms. The first kappa shape index (κ1) is 20.5. The summed E-state index contributed by atoms with van der Waals surface area (Å²) in [5.41, 5.74) is 2.73. The molecular formula is C20H23BrN2O2S. The minimum Gasteiger partial charge on any atom is -0.350 e. The highest BCUT2D eigenvalue weighted by atomic mass is 79.9. The number of aryl methyl sites for hydroxylation is 1. The Balaban J connectivity index is 2.00. The lowest BCUT2D eigenvalue weighted by Gasteiger charge is -2.18. The molecular weight excluding hydrogens is 412 g/mol. The maximum absolute atomic E-state index is 12.6. The Labute approximate surface area is 167 Å². The van der Waals surface area contributed by atoms with E-state index >= 15 is 0 Å². The number of carbonyl (C=O) groups excluding carboxylic acids is 2. The van der Waals surface area contributed by atoms with Gasteiger partial charge in [-0.3, -0.25) is 9.59 Å². The summed E-state index contributed by atoms with van der Waals surface area (Å²) < 4.78 is 0.709. The van der Waals surface area contributed by atoms with Gasteiger partial charge < -0.3 is 10.6 Å². The van der Waals surface area contributed by atoms with Gasteiger partial charge in [0, 0.05) is 11.0 Å². The summed E-state index contributed by atoms with van der Waals surface area (Å²) in [5.74, 6) is 0.368. The molecule has 2 amide bonds. The maximum Gasteiger partial charge on any atom is 0.253 e. The van der Waals surface area contributed by atoms with Crippen LogP contribution in [0.4, 0.5) is 0 Å². The molecule has 1 unspecified atom stereocenters. The van der Waals surface area contributed by atoms with E-state index in [9.17, 15) is 9.59 Å². The summed E-state index contributed by atoms with van der Waals surface area (Å²) in [7, 11) is 0. The van der Waals surface area contributed by atoms with Crippen LogP contribution in [0.5, 0.6) is 0 Å². The number of amides is 2. The maximum atomic E-state index is 12.6. The molecule has 0 bridgehead atoms. The van der Waals surface area contributed by atoms with E-state index < -0.39 is 6.04 Å². The van der Waals surface area contributed by atoms with Crippen molar-refractivity contribution in [2.75, 3.05) is 12.0 Å². The molecule has 0 saturated heterocycles. The van der Waals surface area contributed by atoms with Crippen LogP contribution in [-0.2, 0) is 11.3 Å². The topological polar surface area (TPSA) is 58.2 Å². The zero-order valence-corrected chi connectivity index (χ0v) is 17.3. The van der Waals surface area contributed by atoms with Crippen molar-refractivity contribution in [3.63, 3.8) is 0 Å². The number of halogens is 1. The first-order valence-corrected chi connectivity index (χ1v) is 10.6. The average molecular weight is 435 g/mol. The number of hydrogen-bond acceptors (Lipinski definition) is 3. The number of nitrogens with one attached hydrogen (secondary N) is 2. The van der Waals surface area contributed by atoms with Crippen molar-refractivity contribution >= 4 is 39.5 Å². The van der Waals surface area contributed by atoms with Crippen LogP contribution in [-0.4, -0.2) is 29.9 Å². The molecule has 2 N–H and O–H groups in total. The van der Waals surface area contributed by atoms with E-state index in [0.717, 1.165) is 11.3 Å². The largest absolute Gasteiger partial charge is 0.350 e. The molecule has 0 saturated carbocycles. The molecule has 0 heterocycles. The number of rotatable bonds is 8. The summed E-state index contributed by atoms with van der Waals surface area (Å²) in [6.45, 7) is 2.47. The first-order valence-electron chi connectivity index (χ1n) is 8.39. The molecule has 6 heteroatoms. The van der Waals surface area contributed by atoms with Gasteiger partial charge in [-0.15, -0.1) is 0 Å². The van der Waals surface area contributed by atoms with Crippen LogP contribution >= 0.6 is 27.7 Å². The molecule has 0 aromatic heterocycles. The number of benzene rings is 2. The Morgan fingerprint density at radius 2 is 1.81 bits per heavy atom. The van der Waals surface area contributed by atoms with E-state index in [1.165, 1.54) is 5.56 Å². The molecule has 0 radical (unpaired) electrons.